The minimum Gasteiger partial charge on any atom is -0.129 e. The molecule has 0 unspecified atom stereocenters. The van der Waals surface area contributed by atoms with E-state index in [-0.39, 0.29) is 0 Å². The van der Waals surface area contributed by atoms with Crippen LogP contribution in [0.1, 0.15) is 0 Å². The minimum absolute atomic E-state index is 1.33. The molecule has 0 spiro atoms. The van der Waals surface area contributed by atoms with E-state index in [4.69, 9.17) is 0 Å². The summed E-state index contributed by atoms with van der Waals surface area (Å²) >= 11 is 3.64. The SMILES string of the molecule is CSc1cc(-c2cc(SC)c3cccccc2-3)c2cccccc1-2. The molecule has 0 aromatic carbocycles. The Morgan fingerprint density at radius 3 is 1.21 bits per heavy atom. The Morgan fingerprint density at radius 2 is 0.833 bits per heavy atom. The van der Waals surface area contributed by atoms with Crippen molar-refractivity contribution in [3.63, 3.8) is 0 Å². The molecule has 0 saturated carbocycles. The van der Waals surface area contributed by atoms with Crippen molar-refractivity contribution in [1.82, 2.24) is 0 Å². The fourth-order valence-electron chi connectivity index (χ4n) is 3.35. The second-order valence-electron chi connectivity index (χ2n) is 5.73. The summed E-state index contributed by atoms with van der Waals surface area (Å²) in [7, 11) is 0. The lowest BCUT2D eigenvalue weighted by atomic mass is 10.0. The van der Waals surface area contributed by atoms with Crippen molar-refractivity contribution in [3.05, 3.63) is 72.8 Å². The van der Waals surface area contributed by atoms with E-state index in [1.165, 1.54) is 43.2 Å². The summed E-state index contributed by atoms with van der Waals surface area (Å²) in [5, 5.41) is 0. The Hall–Kier alpha value is -1.90. The van der Waals surface area contributed by atoms with Crippen molar-refractivity contribution in [3.8, 4) is 33.4 Å². The van der Waals surface area contributed by atoms with Gasteiger partial charge in [0.2, 0.25) is 0 Å². The van der Waals surface area contributed by atoms with Crippen LogP contribution in [-0.2, 0) is 0 Å². The molecule has 4 aliphatic rings. The molecule has 0 saturated heterocycles. The lowest BCUT2D eigenvalue weighted by molar-refractivity contribution is 1.57. The maximum Gasteiger partial charge on any atom is 0.0154 e. The van der Waals surface area contributed by atoms with Crippen LogP contribution < -0.4 is 0 Å². The van der Waals surface area contributed by atoms with Gasteiger partial charge in [0.25, 0.3) is 0 Å². The van der Waals surface area contributed by atoms with Crippen molar-refractivity contribution in [2.45, 2.75) is 9.79 Å². The standard InChI is InChI=1S/C22H18S2/c1-23-21-13-19(15-9-5-3-7-11-17(15)21)20-14-22(24-2)18-12-8-4-6-10-16(18)20/h3-14H,1-2H3. The van der Waals surface area contributed by atoms with Crippen molar-refractivity contribution in [2.75, 3.05) is 12.5 Å². The van der Waals surface area contributed by atoms with Crippen LogP contribution >= 0.6 is 23.5 Å². The topological polar surface area (TPSA) is 0 Å². The molecule has 118 valence electrons. The van der Waals surface area contributed by atoms with E-state index in [2.05, 4.69) is 85.3 Å². The number of rotatable bonds is 3. The Morgan fingerprint density at radius 1 is 0.458 bits per heavy atom. The molecule has 4 aliphatic carbocycles. The number of hydrogen-bond acceptors (Lipinski definition) is 2. The molecule has 0 bridgehead atoms. The van der Waals surface area contributed by atoms with Crippen LogP contribution in [0, 0.1) is 0 Å². The summed E-state index contributed by atoms with van der Waals surface area (Å²) in [5.74, 6) is 0. The van der Waals surface area contributed by atoms with Gasteiger partial charge in [-0.1, -0.05) is 60.7 Å². The van der Waals surface area contributed by atoms with E-state index in [9.17, 15) is 0 Å². The van der Waals surface area contributed by atoms with Crippen LogP contribution in [0.2, 0.25) is 0 Å². The van der Waals surface area contributed by atoms with Gasteiger partial charge in [0.15, 0.2) is 0 Å². The maximum atomic E-state index is 2.35. The predicted molar refractivity (Wildman–Crippen MR) is 109 cm³/mol. The second kappa shape index (κ2) is 6.54. The molecule has 0 fully saturated rings. The fourth-order valence-corrected chi connectivity index (χ4v) is 4.62. The number of thioether (sulfide) groups is 2. The third-order valence-electron chi connectivity index (χ3n) is 4.47. The zero-order chi connectivity index (χ0) is 16.5. The summed E-state index contributed by atoms with van der Waals surface area (Å²) in [6.07, 6.45) is 4.31. The molecule has 0 nitrogen and oxygen atoms in total. The lowest BCUT2D eigenvalue weighted by Gasteiger charge is -2.03. The van der Waals surface area contributed by atoms with Gasteiger partial charge in [0, 0.05) is 9.79 Å². The van der Waals surface area contributed by atoms with E-state index >= 15 is 0 Å². The molecule has 0 aliphatic heterocycles. The van der Waals surface area contributed by atoms with Crippen LogP contribution in [-0.4, -0.2) is 12.5 Å². The van der Waals surface area contributed by atoms with Gasteiger partial charge < -0.3 is 0 Å². The lowest BCUT2D eigenvalue weighted by Crippen LogP contribution is -1.76. The molecule has 0 amide bonds. The summed E-state index contributed by atoms with van der Waals surface area (Å²) in [4.78, 5) is 2.69. The van der Waals surface area contributed by atoms with Gasteiger partial charge >= 0.3 is 0 Å². The maximum absolute atomic E-state index is 2.35. The molecular weight excluding hydrogens is 328 g/mol. The quantitative estimate of drug-likeness (QED) is 0.366. The second-order valence-corrected chi connectivity index (χ2v) is 7.42. The van der Waals surface area contributed by atoms with Gasteiger partial charge in [0.1, 0.15) is 0 Å². The fraction of sp³-hybridized carbons (Fsp3) is 0.0909. The molecule has 4 rings (SSSR count). The zero-order valence-electron chi connectivity index (χ0n) is 13.7. The first-order valence-electron chi connectivity index (χ1n) is 7.95. The number of hydrogen-bond donors (Lipinski definition) is 0. The van der Waals surface area contributed by atoms with E-state index in [1.807, 2.05) is 23.5 Å². The highest BCUT2D eigenvalue weighted by molar-refractivity contribution is 7.99. The van der Waals surface area contributed by atoms with Crippen molar-refractivity contribution in [1.29, 1.82) is 0 Å². The van der Waals surface area contributed by atoms with Crippen LogP contribution in [0.3, 0.4) is 0 Å². The highest BCUT2D eigenvalue weighted by Gasteiger charge is 2.21. The first-order chi connectivity index (χ1) is 11.8. The smallest absolute Gasteiger partial charge is 0.0154 e. The van der Waals surface area contributed by atoms with Gasteiger partial charge in [-0.05, 0) is 58.0 Å². The average Bonchev–Trinajstić information content (AvgIpc) is 2.89. The third kappa shape index (κ3) is 2.51. The molecule has 0 aromatic rings. The van der Waals surface area contributed by atoms with Gasteiger partial charge in [-0.3, -0.25) is 0 Å². The van der Waals surface area contributed by atoms with Crippen LogP contribution in [0.15, 0.2) is 82.6 Å². The van der Waals surface area contributed by atoms with Gasteiger partial charge in [-0.15, -0.1) is 23.5 Å². The Bertz CT molecular complexity index is 864. The van der Waals surface area contributed by atoms with Gasteiger partial charge in [-0.2, -0.15) is 0 Å². The Kier molecular flexibility index (Phi) is 4.26. The largest absolute Gasteiger partial charge is 0.129 e. The molecule has 2 heteroatoms. The van der Waals surface area contributed by atoms with E-state index in [0.29, 0.717) is 0 Å². The van der Waals surface area contributed by atoms with Gasteiger partial charge in [0.05, 0.1) is 0 Å². The average molecular weight is 347 g/mol. The monoisotopic (exact) mass is 346 g/mol. The molecule has 0 heterocycles. The minimum atomic E-state index is 1.33. The Balaban J connectivity index is 2.03. The van der Waals surface area contributed by atoms with E-state index < -0.39 is 0 Å². The van der Waals surface area contributed by atoms with Crippen molar-refractivity contribution in [2.24, 2.45) is 0 Å². The highest BCUT2D eigenvalue weighted by atomic mass is 32.2. The Labute approximate surface area is 152 Å². The zero-order valence-corrected chi connectivity index (χ0v) is 15.4. The highest BCUT2D eigenvalue weighted by Crippen LogP contribution is 2.48. The van der Waals surface area contributed by atoms with Gasteiger partial charge in [-0.25, -0.2) is 0 Å². The van der Waals surface area contributed by atoms with Crippen molar-refractivity contribution < 1.29 is 0 Å². The summed E-state index contributed by atoms with van der Waals surface area (Å²) in [6, 6.07) is 26.4. The van der Waals surface area contributed by atoms with Crippen LogP contribution in [0.5, 0.6) is 0 Å². The summed E-state index contributed by atoms with van der Waals surface area (Å²) in [5.41, 5.74) is 8.00. The predicted octanol–water partition coefficient (Wildman–Crippen LogP) is 7.01. The van der Waals surface area contributed by atoms with Crippen LogP contribution in [0.4, 0.5) is 0 Å². The number of fused-ring (bicyclic) bond motifs is 2. The molecule has 0 radical (unpaired) electrons. The summed E-state index contributed by atoms with van der Waals surface area (Å²) in [6.45, 7) is 0. The summed E-state index contributed by atoms with van der Waals surface area (Å²) < 4.78 is 0. The van der Waals surface area contributed by atoms with Crippen LogP contribution in [0.25, 0.3) is 33.4 Å². The van der Waals surface area contributed by atoms with Crippen molar-refractivity contribution >= 4 is 23.5 Å². The van der Waals surface area contributed by atoms with E-state index in [0.717, 1.165) is 0 Å². The third-order valence-corrected chi connectivity index (χ3v) is 6.02. The molecule has 0 N–H and O–H groups in total. The molecular formula is C22H18S2. The first-order valence-corrected chi connectivity index (χ1v) is 10.4. The normalized spacial score (nSPS) is 11.2. The molecule has 0 atom stereocenters. The van der Waals surface area contributed by atoms with E-state index in [1.54, 1.807) is 0 Å². The first kappa shape index (κ1) is 15.6. The molecule has 24 heavy (non-hydrogen) atoms. The molecule has 0 aromatic heterocycles.